The summed E-state index contributed by atoms with van der Waals surface area (Å²) < 4.78 is 14.2. The zero-order chi connectivity index (χ0) is 17.3. The van der Waals surface area contributed by atoms with E-state index in [1.54, 1.807) is 30.1 Å². The van der Waals surface area contributed by atoms with Crippen LogP contribution in [0.1, 0.15) is 18.4 Å². The Hall–Kier alpha value is -1.95. The molecular formula is C18H24FN3O2. The highest BCUT2D eigenvalue weighted by atomic mass is 19.1. The molecule has 5 nitrogen and oxygen atoms in total. The molecule has 0 aromatic heterocycles. The number of hydrogen-bond acceptors (Lipinski definition) is 3. The Kier molecular flexibility index (Phi) is 4.58. The van der Waals surface area contributed by atoms with Gasteiger partial charge in [0.1, 0.15) is 5.82 Å². The summed E-state index contributed by atoms with van der Waals surface area (Å²) in [6, 6.07) is 6.53. The lowest BCUT2D eigenvalue weighted by Crippen LogP contribution is -2.45. The van der Waals surface area contributed by atoms with E-state index in [9.17, 15) is 14.0 Å². The van der Waals surface area contributed by atoms with E-state index in [1.165, 1.54) is 6.07 Å². The molecule has 2 amide bonds. The number of rotatable bonds is 3. The Balaban J connectivity index is 1.83. The topological polar surface area (TPSA) is 52.7 Å². The van der Waals surface area contributed by atoms with Crippen molar-refractivity contribution in [3.63, 3.8) is 0 Å². The summed E-state index contributed by atoms with van der Waals surface area (Å²) in [7, 11) is 3.56. The van der Waals surface area contributed by atoms with Gasteiger partial charge in [-0.25, -0.2) is 4.39 Å². The van der Waals surface area contributed by atoms with Gasteiger partial charge in [0, 0.05) is 38.8 Å². The number of benzene rings is 1. The van der Waals surface area contributed by atoms with Crippen LogP contribution in [0.5, 0.6) is 0 Å². The van der Waals surface area contributed by atoms with E-state index in [-0.39, 0.29) is 23.5 Å². The van der Waals surface area contributed by atoms with Gasteiger partial charge in [0.2, 0.25) is 11.8 Å². The minimum atomic E-state index is -0.735. The highest BCUT2D eigenvalue weighted by molar-refractivity contribution is 5.92. The van der Waals surface area contributed by atoms with Crippen molar-refractivity contribution < 1.29 is 14.0 Å². The Labute approximate surface area is 141 Å². The summed E-state index contributed by atoms with van der Waals surface area (Å²) in [4.78, 5) is 29.1. The first-order valence-corrected chi connectivity index (χ1v) is 8.42. The number of nitrogens with one attached hydrogen (secondary N) is 1. The van der Waals surface area contributed by atoms with Crippen molar-refractivity contribution >= 4 is 11.8 Å². The standard InChI is InChI=1S/C18H24FN3O2/c1-20-16(23)13-11-21(2)9-10-22(12-13)17(24)18(7-8-18)14-5-3-4-6-15(14)19/h3-6,13H,7-12H2,1-2H3,(H,20,23)/t13-/m0/s1. The van der Waals surface area contributed by atoms with Crippen molar-refractivity contribution in [2.45, 2.75) is 18.3 Å². The van der Waals surface area contributed by atoms with Gasteiger partial charge in [-0.05, 0) is 26.0 Å². The zero-order valence-electron chi connectivity index (χ0n) is 14.2. The van der Waals surface area contributed by atoms with Crippen LogP contribution in [0.3, 0.4) is 0 Å². The van der Waals surface area contributed by atoms with Gasteiger partial charge in [0.15, 0.2) is 0 Å². The van der Waals surface area contributed by atoms with Gasteiger partial charge < -0.3 is 15.1 Å². The van der Waals surface area contributed by atoms with Gasteiger partial charge in [0.25, 0.3) is 0 Å². The van der Waals surface area contributed by atoms with Crippen LogP contribution in [0.4, 0.5) is 4.39 Å². The summed E-state index contributed by atoms with van der Waals surface area (Å²) in [5.74, 6) is -0.685. The fraction of sp³-hybridized carbons (Fsp3) is 0.556. The molecule has 0 radical (unpaired) electrons. The van der Waals surface area contributed by atoms with Gasteiger partial charge in [0.05, 0.1) is 11.3 Å². The minimum Gasteiger partial charge on any atom is -0.359 e. The van der Waals surface area contributed by atoms with Crippen molar-refractivity contribution in [3.8, 4) is 0 Å². The Morgan fingerprint density at radius 1 is 1.21 bits per heavy atom. The maximum absolute atomic E-state index is 14.2. The molecule has 0 bridgehead atoms. The summed E-state index contributed by atoms with van der Waals surface area (Å²) in [6.45, 7) is 2.29. The molecule has 6 heteroatoms. The smallest absolute Gasteiger partial charge is 0.233 e. The molecule has 3 rings (SSSR count). The number of carbonyl (C=O) groups is 2. The molecule has 0 spiro atoms. The van der Waals surface area contributed by atoms with E-state index in [1.807, 2.05) is 7.05 Å². The molecule has 1 N–H and O–H groups in total. The van der Waals surface area contributed by atoms with Crippen LogP contribution in [-0.4, -0.2) is 61.9 Å². The largest absolute Gasteiger partial charge is 0.359 e. The molecule has 1 heterocycles. The molecule has 1 aromatic carbocycles. The van der Waals surface area contributed by atoms with Crippen LogP contribution < -0.4 is 5.32 Å². The number of nitrogens with zero attached hydrogens (tertiary/aromatic N) is 2. The van der Waals surface area contributed by atoms with Crippen molar-refractivity contribution in [1.82, 2.24) is 15.1 Å². The Bertz CT molecular complexity index is 645. The van der Waals surface area contributed by atoms with Gasteiger partial charge in [-0.3, -0.25) is 9.59 Å². The van der Waals surface area contributed by atoms with Crippen LogP contribution in [0.15, 0.2) is 24.3 Å². The van der Waals surface area contributed by atoms with Crippen molar-refractivity contribution in [3.05, 3.63) is 35.6 Å². The van der Waals surface area contributed by atoms with E-state index in [2.05, 4.69) is 10.2 Å². The summed E-state index contributed by atoms with van der Waals surface area (Å²) in [6.07, 6.45) is 1.34. The molecule has 2 fully saturated rings. The average Bonchev–Trinajstić information content (AvgIpc) is 3.39. The molecule has 1 saturated heterocycles. The Morgan fingerprint density at radius 3 is 2.54 bits per heavy atom. The maximum Gasteiger partial charge on any atom is 0.233 e. The fourth-order valence-corrected chi connectivity index (χ4v) is 3.60. The molecular weight excluding hydrogens is 309 g/mol. The fourth-order valence-electron chi connectivity index (χ4n) is 3.60. The summed E-state index contributed by atoms with van der Waals surface area (Å²) in [5, 5.41) is 2.67. The second kappa shape index (κ2) is 6.51. The van der Waals surface area contributed by atoms with Crippen LogP contribution in [-0.2, 0) is 15.0 Å². The predicted molar refractivity (Wildman–Crippen MR) is 88.9 cm³/mol. The van der Waals surface area contributed by atoms with Gasteiger partial charge >= 0.3 is 0 Å². The van der Waals surface area contributed by atoms with Crippen molar-refractivity contribution in [1.29, 1.82) is 0 Å². The number of hydrogen-bond donors (Lipinski definition) is 1. The third-order valence-electron chi connectivity index (χ3n) is 5.18. The first-order chi connectivity index (χ1) is 11.5. The number of halogens is 1. The highest BCUT2D eigenvalue weighted by Crippen LogP contribution is 2.50. The van der Waals surface area contributed by atoms with Gasteiger partial charge in [-0.2, -0.15) is 0 Å². The first-order valence-electron chi connectivity index (χ1n) is 8.42. The monoisotopic (exact) mass is 333 g/mol. The van der Waals surface area contributed by atoms with Crippen LogP contribution in [0.25, 0.3) is 0 Å². The normalized spacial score (nSPS) is 23.5. The maximum atomic E-state index is 14.2. The zero-order valence-corrected chi connectivity index (χ0v) is 14.2. The second-order valence-electron chi connectivity index (χ2n) is 6.89. The highest BCUT2D eigenvalue weighted by Gasteiger charge is 2.54. The molecule has 24 heavy (non-hydrogen) atoms. The lowest BCUT2D eigenvalue weighted by atomic mass is 9.93. The van der Waals surface area contributed by atoms with Crippen molar-refractivity contribution in [2.24, 2.45) is 5.92 Å². The van der Waals surface area contributed by atoms with E-state index in [0.717, 1.165) is 0 Å². The third-order valence-corrected chi connectivity index (χ3v) is 5.18. The second-order valence-corrected chi connectivity index (χ2v) is 6.89. The number of carbonyl (C=O) groups excluding carboxylic acids is 2. The first kappa shape index (κ1) is 16.9. The Morgan fingerprint density at radius 2 is 1.92 bits per heavy atom. The van der Waals surface area contributed by atoms with E-state index in [4.69, 9.17) is 0 Å². The third kappa shape index (κ3) is 3.02. The number of amides is 2. The molecule has 2 aliphatic rings. The van der Waals surface area contributed by atoms with E-state index in [0.29, 0.717) is 44.6 Å². The molecule has 1 aromatic rings. The van der Waals surface area contributed by atoms with Crippen molar-refractivity contribution in [2.75, 3.05) is 40.3 Å². The molecule has 1 atom stereocenters. The molecule has 0 unspecified atom stereocenters. The summed E-state index contributed by atoms with van der Waals surface area (Å²) >= 11 is 0. The summed E-state index contributed by atoms with van der Waals surface area (Å²) in [5.41, 5.74) is -0.245. The predicted octanol–water partition coefficient (Wildman–Crippen LogP) is 0.994. The van der Waals surface area contributed by atoms with E-state index >= 15 is 0 Å². The van der Waals surface area contributed by atoms with Crippen LogP contribution in [0.2, 0.25) is 0 Å². The number of likely N-dealkylation sites (N-methyl/N-ethyl adjacent to an activating group) is 1. The van der Waals surface area contributed by atoms with Crippen LogP contribution in [0, 0.1) is 11.7 Å². The van der Waals surface area contributed by atoms with Gasteiger partial charge in [-0.15, -0.1) is 0 Å². The molecule has 130 valence electrons. The lowest BCUT2D eigenvalue weighted by Gasteiger charge is -2.28. The van der Waals surface area contributed by atoms with Crippen LogP contribution >= 0.6 is 0 Å². The molecule has 1 aliphatic carbocycles. The molecule has 1 aliphatic heterocycles. The average molecular weight is 333 g/mol. The van der Waals surface area contributed by atoms with Gasteiger partial charge in [-0.1, -0.05) is 18.2 Å². The molecule has 1 saturated carbocycles. The SMILES string of the molecule is CNC(=O)[C@H]1CN(C)CCN(C(=O)C2(c3ccccc3F)CC2)C1. The minimum absolute atomic E-state index is 0.0446. The lowest BCUT2D eigenvalue weighted by molar-refractivity contribution is -0.135. The van der Waals surface area contributed by atoms with E-state index < -0.39 is 5.41 Å². The quantitative estimate of drug-likeness (QED) is 0.898.